The standard InChI is InChI=1S/C14H18FNO/c1-2-14(7-4-8-16-14)13(17)10-11-5-3-6-12(15)9-11/h3,5-6,9,16H,2,4,7-8,10H2,1H3. The molecule has 0 aromatic heterocycles. The van der Waals surface area contributed by atoms with Crippen molar-refractivity contribution in [3.05, 3.63) is 35.6 Å². The van der Waals surface area contributed by atoms with Crippen LogP contribution >= 0.6 is 0 Å². The smallest absolute Gasteiger partial charge is 0.157 e. The average Bonchev–Trinajstić information content (AvgIpc) is 2.78. The maximum atomic E-state index is 13.0. The van der Waals surface area contributed by atoms with Crippen LogP contribution in [0.15, 0.2) is 24.3 Å². The monoisotopic (exact) mass is 235 g/mol. The highest BCUT2D eigenvalue weighted by Crippen LogP contribution is 2.25. The van der Waals surface area contributed by atoms with Crippen molar-refractivity contribution in [2.45, 2.75) is 38.1 Å². The Balaban J connectivity index is 2.10. The molecule has 1 aromatic rings. The van der Waals surface area contributed by atoms with Gasteiger partial charge in [-0.1, -0.05) is 19.1 Å². The van der Waals surface area contributed by atoms with Gasteiger partial charge in [-0.25, -0.2) is 4.39 Å². The lowest BCUT2D eigenvalue weighted by atomic mass is 9.86. The molecule has 17 heavy (non-hydrogen) atoms. The summed E-state index contributed by atoms with van der Waals surface area (Å²) in [6.45, 7) is 2.94. The van der Waals surface area contributed by atoms with Crippen LogP contribution in [-0.4, -0.2) is 17.9 Å². The van der Waals surface area contributed by atoms with Gasteiger partial charge in [0.1, 0.15) is 5.82 Å². The number of carbonyl (C=O) groups excluding carboxylic acids is 1. The normalized spacial score (nSPS) is 23.9. The summed E-state index contributed by atoms with van der Waals surface area (Å²) in [5, 5.41) is 3.31. The molecule has 1 unspecified atom stereocenters. The minimum atomic E-state index is -0.369. The maximum Gasteiger partial charge on any atom is 0.157 e. The molecule has 1 saturated heterocycles. The van der Waals surface area contributed by atoms with Gasteiger partial charge in [0, 0.05) is 6.42 Å². The van der Waals surface area contributed by atoms with Crippen molar-refractivity contribution < 1.29 is 9.18 Å². The number of hydrogen-bond acceptors (Lipinski definition) is 2. The van der Waals surface area contributed by atoms with Crippen molar-refractivity contribution in [1.29, 1.82) is 0 Å². The minimum Gasteiger partial charge on any atom is -0.305 e. The summed E-state index contributed by atoms with van der Waals surface area (Å²) in [5.74, 6) is -0.0941. The molecule has 2 rings (SSSR count). The van der Waals surface area contributed by atoms with E-state index in [-0.39, 0.29) is 17.1 Å². The Kier molecular flexibility index (Phi) is 3.57. The van der Waals surface area contributed by atoms with E-state index in [2.05, 4.69) is 5.32 Å². The van der Waals surface area contributed by atoms with Crippen LogP contribution in [0.3, 0.4) is 0 Å². The number of Topliss-reactive ketones (excluding diaryl/α,β-unsaturated/α-hetero) is 1. The van der Waals surface area contributed by atoms with Crippen LogP contribution in [0.25, 0.3) is 0 Å². The molecule has 1 N–H and O–H groups in total. The van der Waals surface area contributed by atoms with Gasteiger partial charge in [-0.2, -0.15) is 0 Å². The van der Waals surface area contributed by atoms with Crippen molar-refractivity contribution in [3.63, 3.8) is 0 Å². The van der Waals surface area contributed by atoms with Crippen LogP contribution in [0.1, 0.15) is 31.7 Å². The SMILES string of the molecule is CCC1(C(=O)Cc2cccc(F)c2)CCCN1. The third-order valence-corrected chi connectivity index (χ3v) is 3.63. The highest BCUT2D eigenvalue weighted by Gasteiger charge is 2.38. The zero-order valence-corrected chi connectivity index (χ0v) is 10.1. The summed E-state index contributed by atoms with van der Waals surface area (Å²) in [4.78, 5) is 12.3. The molecule has 0 spiro atoms. The van der Waals surface area contributed by atoms with E-state index in [4.69, 9.17) is 0 Å². The van der Waals surface area contributed by atoms with Crippen LogP contribution in [0.5, 0.6) is 0 Å². The van der Waals surface area contributed by atoms with Crippen LogP contribution in [0, 0.1) is 5.82 Å². The first-order valence-corrected chi connectivity index (χ1v) is 6.19. The highest BCUT2D eigenvalue weighted by molar-refractivity contribution is 5.90. The number of hydrogen-bond donors (Lipinski definition) is 1. The molecule has 1 aliphatic heterocycles. The van der Waals surface area contributed by atoms with E-state index in [1.165, 1.54) is 12.1 Å². The summed E-state index contributed by atoms with van der Waals surface area (Å²) in [6.07, 6.45) is 3.07. The molecular weight excluding hydrogens is 217 g/mol. The molecule has 0 bridgehead atoms. The van der Waals surface area contributed by atoms with Crippen molar-refractivity contribution in [1.82, 2.24) is 5.32 Å². The number of rotatable bonds is 4. The Hall–Kier alpha value is -1.22. The minimum absolute atomic E-state index is 0.183. The lowest BCUT2D eigenvalue weighted by Gasteiger charge is -2.26. The van der Waals surface area contributed by atoms with Gasteiger partial charge in [-0.3, -0.25) is 4.79 Å². The van der Waals surface area contributed by atoms with Crippen molar-refractivity contribution in [2.24, 2.45) is 0 Å². The molecule has 3 heteroatoms. The Morgan fingerprint density at radius 2 is 2.35 bits per heavy atom. The van der Waals surface area contributed by atoms with Crippen LogP contribution in [-0.2, 0) is 11.2 Å². The van der Waals surface area contributed by atoms with Crippen molar-refractivity contribution >= 4 is 5.78 Å². The second-order valence-electron chi connectivity index (χ2n) is 4.70. The lowest BCUT2D eigenvalue weighted by Crippen LogP contribution is -2.47. The van der Waals surface area contributed by atoms with E-state index in [1.807, 2.05) is 6.92 Å². The van der Waals surface area contributed by atoms with Crippen LogP contribution in [0.2, 0.25) is 0 Å². The topological polar surface area (TPSA) is 29.1 Å². The highest BCUT2D eigenvalue weighted by atomic mass is 19.1. The van der Waals surface area contributed by atoms with E-state index >= 15 is 0 Å². The van der Waals surface area contributed by atoms with E-state index in [1.54, 1.807) is 12.1 Å². The van der Waals surface area contributed by atoms with Crippen molar-refractivity contribution in [3.8, 4) is 0 Å². The maximum absolute atomic E-state index is 13.0. The molecule has 92 valence electrons. The Bertz CT molecular complexity index is 410. The van der Waals surface area contributed by atoms with E-state index in [0.29, 0.717) is 6.42 Å². The molecule has 0 saturated carbocycles. The molecule has 0 aliphatic carbocycles. The number of benzene rings is 1. The Morgan fingerprint density at radius 1 is 1.53 bits per heavy atom. The van der Waals surface area contributed by atoms with Gasteiger partial charge in [0.05, 0.1) is 5.54 Å². The Morgan fingerprint density at radius 3 is 2.94 bits per heavy atom. The van der Waals surface area contributed by atoms with Gasteiger partial charge >= 0.3 is 0 Å². The quantitative estimate of drug-likeness (QED) is 0.868. The van der Waals surface area contributed by atoms with Gasteiger partial charge < -0.3 is 5.32 Å². The Labute approximate surface area is 101 Å². The number of halogens is 1. The third-order valence-electron chi connectivity index (χ3n) is 3.63. The predicted molar refractivity (Wildman–Crippen MR) is 65.4 cm³/mol. The predicted octanol–water partition coefficient (Wildman–Crippen LogP) is 2.47. The zero-order valence-electron chi connectivity index (χ0n) is 10.1. The fraction of sp³-hybridized carbons (Fsp3) is 0.500. The second-order valence-corrected chi connectivity index (χ2v) is 4.70. The fourth-order valence-corrected chi connectivity index (χ4v) is 2.54. The molecule has 1 fully saturated rings. The van der Waals surface area contributed by atoms with Crippen LogP contribution in [0.4, 0.5) is 4.39 Å². The molecule has 0 amide bonds. The number of carbonyl (C=O) groups is 1. The number of nitrogens with one attached hydrogen (secondary N) is 1. The second kappa shape index (κ2) is 4.96. The van der Waals surface area contributed by atoms with Crippen molar-refractivity contribution in [2.75, 3.05) is 6.54 Å². The van der Waals surface area contributed by atoms with Gasteiger partial charge in [-0.05, 0) is 43.5 Å². The summed E-state index contributed by atoms with van der Waals surface area (Å²) in [5.41, 5.74) is 0.392. The molecule has 1 heterocycles. The number of ketones is 1. The molecular formula is C14H18FNO. The lowest BCUT2D eigenvalue weighted by molar-refractivity contribution is -0.124. The fourth-order valence-electron chi connectivity index (χ4n) is 2.54. The molecule has 1 aliphatic rings. The van der Waals surface area contributed by atoms with E-state index < -0.39 is 0 Å². The van der Waals surface area contributed by atoms with E-state index in [9.17, 15) is 9.18 Å². The molecule has 0 radical (unpaired) electrons. The van der Waals surface area contributed by atoms with Gasteiger partial charge in [-0.15, -0.1) is 0 Å². The summed E-state index contributed by atoms with van der Waals surface area (Å²) < 4.78 is 13.0. The molecule has 2 nitrogen and oxygen atoms in total. The van der Waals surface area contributed by atoms with Gasteiger partial charge in [0.25, 0.3) is 0 Å². The first-order chi connectivity index (χ1) is 8.16. The van der Waals surface area contributed by atoms with Gasteiger partial charge in [0.2, 0.25) is 0 Å². The largest absolute Gasteiger partial charge is 0.305 e. The average molecular weight is 235 g/mol. The van der Waals surface area contributed by atoms with E-state index in [0.717, 1.165) is 31.4 Å². The summed E-state index contributed by atoms with van der Waals surface area (Å²) in [7, 11) is 0. The molecule has 1 atom stereocenters. The first-order valence-electron chi connectivity index (χ1n) is 6.19. The third kappa shape index (κ3) is 2.55. The van der Waals surface area contributed by atoms with Crippen LogP contribution < -0.4 is 5.32 Å². The first kappa shape index (κ1) is 12.2. The summed E-state index contributed by atoms with van der Waals surface area (Å²) in [6, 6.07) is 6.30. The molecule has 1 aromatic carbocycles. The zero-order chi connectivity index (χ0) is 12.3. The summed E-state index contributed by atoms with van der Waals surface area (Å²) >= 11 is 0. The van der Waals surface area contributed by atoms with Gasteiger partial charge in [0.15, 0.2) is 5.78 Å².